The van der Waals surface area contributed by atoms with Crippen LogP contribution in [-0.4, -0.2) is 63.8 Å². The summed E-state index contributed by atoms with van der Waals surface area (Å²) in [6.45, 7) is 2.07. The molecule has 11 heteroatoms. The van der Waals surface area contributed by atoms with Crippen molar-refractivity contribution in [2.75, 3.05) is 31.6 Å². The number of nitrogens with zero attached hydrogens (tertiary/aromatic N) is 5. The maximum atomic E-state index is 14.5. The van der Waals surface area contributed by atoms with Crippen LogP contribution in [0.3, 0.4) is 0 Å². The van der Waals surface area contributed by atoms with Crippen molar-refractivity contribution in [1.29, 1.82) is 0 Å². The Kier molecular flexibility index (Phi) is 4.83. The lowest BCUT2D eigenvalue weighted by Gasteiger charge is -2.36. The molecular formula is C19H20F5N5O. The first-order valence-corrected chi connectivity index (χ1v) is 9.42. The Morgan fingerprint density at radius 3 is 2.57 bits per heavy atom. The average Bonchev–Trinajstić information content (AvgIpc) is 2.91. The molecule has 6 nitrogen and oxygen atoms in total. The van der Waals surface area contributed by atoms with Crippen molar-refractivity contribution in [3.05, 3.63) is 29.5 Å². The Morgan fingerprint density at radius 2 is 1.93 bits per heavy atom. The van der Waals surface area contributed by atoms with Gasteiger partial charge in [-0.15, -0.1) is 10.2 Å². The van der Waals surface area contributed by atoms with Crippen molar-refractivity contribution < 1.29 is 27.1 Å². The summed E-state index contributed by atoms with van der Waals surface area (Å²) >= 11 is 0. The standard InChI is InChI=1S/C19H20F5N5O/c1-10-16(12-4-3-11(7-15(12)30)19(22,23)24)26-27-17(25-10)29-9-18(20,21)13-5-6-28(2)8-14(13)29/h3-4,7,13-14,30H,5-6,8-9H2,1-2H3. The minimum Gasteiger partial charge on any atom is -0.507 e. The van der Waals surface area contributed by atoms with Gasteiger partial charge in [0.05, 0.1) is 23.8 Å². The number of aryl methyl sites for hydroxylation is 1. The largest absolute Gasteiger partial charge is 0.507 e. The van der Waals surface area contributed by atoms with E-state index in [0.29, 0.717) is 25.6 Å². The second-order valence-corrected chi connectivity index (χ2v) is 7.89. The van der Waals surface area contributed by atoms with Crippen LogP contribution in [0.5, 0.6) is 5.75 Å². The first-order chi connectivity index (χ1) is 14.0. The monoisotopic (exact) mass is 429 g/mol. The number of rotatable bonds is 2. The van der Waals surface area contributed by atoms with Crippen LogP contribution in [0, 0.1) is 12.8 Å². The molecule has 2 unspecified atom stereocenters. The van der Waals surface area contributed by atoms with Gasteiger partial charge < -0.3 is 14.9 Å². The van der Waals surface area contributed by atoms with E-state index in [1.807, 2.05) is 11.9 Å². The first-order valence-electron chi connectivity index (χ1n) is 9.42. The lowest BCUT2D eigenvalue weighted by Crippen LogP contribution is -2.48. The number of hydrogen-bond donors (Lipinski definition) is 1. The predicted molar refractivity (Wildman–Crippen MR) is 98.4 cm³/mol. The predicted octanol–water partition coefficient (Wildman–Crippen LogP) is 3.35. The summed E-state index contributed by atoms with van der Waals surface area (Å²) in [6.07, 6.45) is -4.22. The van der Waals surface area contributed by atoms with E-state index in [9.17, 15) is 27.1 Å². The van der Waals surface area contributed by atoms with Crippen LogP contribution in [-0.2, 0) is 6.18 Å². The summed E-state index contributed by atoms with van der Waals surface area (Å²) in [5, 5.41) is 18.0. The highest BCUT2D eigenvalue weighted by Gasteiger charge is 2.56. The summed E-state index contributed by atoms with van der Waals surface area (Å²) in [5.41, 5.74) is -0.598. The Bertz CT molecular complexity index is 967. The number of anilines is 1. The molecule has 1 aromatic heterocycles. The van der Waals surface area contributed by atoms with Gasteiger partial charge >= 0.3 is 6.18 Å². The van der Waals surface area contributed by atoms with Gasteiger partial charge in [0.15, 0.2) is 0 Å². The highest BCUT2D eigenvalue weighted by Crippen LogP contribution is 2.43. The molecule has 0 radical (unpaired) electrons. The van der Waals surface area contributed by atoms with Crippen molar-refractivity contribution in [3.8, 4) is 17.0 Å². The number of phenols is 1. The molecule has 3 heterocycles. The lowest BCUT2D eigenvalue weighted by molar-refractivity contribution is -0.137. The second kappa shape index (κ2) is 7.00. The molecule has 0 saturated carbocycles. The van der Waals surface area contributed by atoms with E-state index in [4.69, 9.17) is 0 Å². The third-order valence-electron chi connectivity index (χ3n) is 5.80. The van der Waals surface area contributed by atoms with E-state index in [1.54, 1.807) is 6.92 Å². The SMILES string of the molecule is Cc1nc(N2CC(F)(F)C3CCN(C)CC32)nnc1-c1ccc(C(F)(F)F)cc1O. The average molecular weight is 429 g/mol. The molecule has 1 N–H and O–H groups in total. The van der Waals surface area contributed by atoms with E-state index in [-0.39, 0.29) is 22.9 Å². The molecule has 2 aliphatic rings. The first kappa shape index (κ1) is 20.7. The second-order valence-electron chi connectivity index (χ2n) is 7.89. The fourth-order valence-corrected chi connectivity index (χ4v) is 4.25. The number of likely N-dealkylation sites (N-methyl/N-ethyl adjacent to an activating group) is 1. The third-order valence-corrected chi connectivity index (χ3v) is 5.80. The molecule has 162 valence electrons. The van der Waals surface area contributed by atoms with Crippen molar-refractivity contribution in [2.45, 2.75) is 31.5 Å². The van der Waals surface area contributed by atoms with Crippen molar-refractivity contribution in [2.24, 2.45) is 5.92 Å². The van der Waals surface area contributed by atoms with E-state index in [0.717, 1.165) is 12.1 Å². The summed E-state index contributed by atoms with van der Waals surface area (Å²) in [4.78, 5) is 7.72. The summed E-state index contributed by atoms with van der Waals surface area (Å²) in [5.74, 6) is -4.23. The molecule has 2 atom stereocenters. The topological polar surface area (TPSA) is 65.4 Å². The molecule has 0 amide bonds. The Balaban J connectivity index is 1.66. The summed E-state index contributed by atoms with van der Waals surface area (Å²) in [6, 6.07) is 2.07. The van der Waals surface area contributed by atoms with Crippen LogP contribution in [0.25, 0.3) is 11.3 Å². The zero-order valence-corrected chi connectivity index (χ0v) is 16.3. The van der Waals surface area contributed by atoms with E-state index in [2.05, 4.69) is 15.2 Å². The van der Waals surface area contributed by atoms with Crippen LogP contribution >= 0.6 is 0 Å². The minimum absolute atomic E-state index is 0.0362. The van der Waals surface area contributed by atoms with Crippen molar-refractivity contribution in [1.82, 2.24) is 20.1 Å². The van der Waals surface area contributed by atoms with Gasteiger partial charge in [0.2, 0.25) is 5.95 Å². The van der Waals surface area contributed by atoms with Gasteiger partial charge in [-0.2, -0.15) is 13.2 Å². The Morgan fingerprint density at radius 1 is 1.20 bits per heavy atom. The quantitative estimate of drug-likeness (QED) is 0.739. The van der Waals surface area contributed by atoms with Crippen molar-refractivity contribution in [3.63, 3.8) is 0 Å². The smallest absolute Gasteiger partial charge is 0.416 e. The Hall–Kier alpha value is -2.56. The maximum absolute atomic E-state index is 14.5. The number of halogens is 5. The maximum Gasteiger partial charge on any atom is 0.416 e. The molecule has 0 spiro atoms. The van der Waals surface area contributed by atoms with Gasteiger partial charge in [-0.3, -0.25) is 0 Å². The van der Waals surface area contributed by atoms with Gasteiger partial charge in [-0.1, -0.05) is 0 Å². The molecule has 2 fully saturated rings. The molecule has 4 rings (SSSR count). The number of fused-ring (bicyclic) bond motifs is 1. The number of phenolic OH excluding ortho intramolecular Hbond substituents is 1. The van der Waals surface area contributed by atoms with Crippen LogP contribution in [0.2, 0.25) is 0 Å². The van der Waals surface area contributed by atoms with Crippen LogP contribution in [0.15, 0.2) is 18.2 Å². The zero-order valence-electron chi connectivity index (χ0n) is 16.3. The number of aromatic hydroxyl groups is 1. The van der Waals surface area contributed by atoms with Gasteiger partial charge in [0, 0.05) is 18.0 Å². The molecule has 1 aromatic carbocycles. The third kappa shape index (κ3) is 3.55. The molecule has 30 heavy (non-hydrogen) atoms. The summed E-state index contributed by atoms with van der Waals surface area (Å²) in [7, 11) is 1.87. The van der Waals surface area contributed by atoms with Crippen LogP contribution in [0.1, 0.15) is 17.7 Å². The lowest BCUT2D eigenvalue weighted by atomic mass is 9.90. The van der Waals surface area contributed by atoms with Gasteiger partial charge in [0.1, 0.15) is 11.4 Å². The van der Waals surface area contributed by atoms with Gasteiger partial charge in [-0.05, 0) is 45.1 Å². The number of hydrogen-bond acceptors (Lipinski definition) is 6. The highest BCUT2D eigenvalue weighted by atomic mass is 19.4. The molecule has 2 aromatic rings. The highest BCUT2D eigenvalue weighted by molar-refractivity contribution is 5.69. The van der Waals surface area contributed by atoms with Crippen molar-refractivity contribution >= 4 is 5.95 Å². The number of aromatic nitrogens is 3. The van der Waals surface area contributed by atoms with E-state index in [1.165, 1.54) is 4.90 Å². The minimum atomic E-state index is -4.59. The molecule has 2 saturated heterocycles. The summed E-state index contributed by atoms with van der Waals surface area (Å²) < 4.78 is 67.5. The van der Waals surface area contributed by atoms with Crippen LogP contribution < -0.4 is 4.90 Å². The van der Waals surface area contributed by atoms with E-state index < -0.39 is 41.9 Å². The molecule has 0 bridgehead atoms. The fourth-order valence-electron chi connectivity index (χ4n) is 4.25. The number of benzene rings is 1. The zero-order chi connectivity index (χ0) is 21.8. The van der Waals surface area contributed by atoms with Gasteiger partial charge in [-0.25, -0.2) is 13.8 Å². The number of likely N-dealkylation sites (tertiary alicyclic amines) is 1. The van der Waals surface area contributed by atoms with E-state index >= 15 is 0 Å². The fraction of sp³-hybridized carbons (Fsp3) is 0.526. The number of alkyl halides is 5. The van der Waals surface area contributed by atoms with Gasteiger partial charge in [0.25, 0.3) is 5.92 Å². The molecular weight excluding hydrogens is 409 g/mol. The molecule has 0 aliphatic carbocycles. The number of piperidine rings is 1. The van der Waals surface area contributed by atoms with Crippen LogP contribution in [0.4, 0.5) is 27.9 Å². The Labute approximate surface area is 169 Å². The normalized spacial score (nSPS) is 24.2. The molecule has 2 aliphatic heterocycles.